The molecule has 0 atom stereocenters. The van der Waals surface area contributed by atoms with Crippen LogP contribution in [0, 0.1) is 6.92 Å². The van der Waals surface area contributed by atoms with Gasteiger partial charge in [0.2, 0.25) is 0 Å². The zero-order chi connectivity index (χ0) is 17.4. The molecule has 1 aromatic heterocycles. The maximum absolute atomic E-state index is 13.0. The predicted molar refractivity (Wildman–Crippen MR) is 99.1 cm³/mol. The summed E-state index contributed by atoms with van der Waals surface area (Å²) in [5, 5.41) is 4.13. The Morgan fingerprint density at radius 3 is 2.88 bits per heavy atom. The molecule has 25 heavy (non-hydrogen) atoms. The van der Waals surface area contributed by atoms with Crippen LogP contribution in [0.3, 0.4) is 0 Å². The molecular formula is C19H19N3O2S. The summed E-state index contributed by atoms with van der Waals surface area (Å²) in [6, 6.07) is 12.9. The number of pyridine rings is 1. The molecule has 0 amide bonds. The molecule has 6 heteroatoms. The van der Waals surface area contributed by atoms with Crippen LogP contribution in [0.1, 0.15) is 16.7 Å². The van der Waals surface area contributed by atoms with E-state index in [0.29, 0.717) is 11.2 Å². The maximum Gasteiger partial charge on any atom is 0.264 e. The molecule has 1 aliphatic rings. The molecule has 0 radical (unpaired) electrons. The molecule has 128 valence electrons. The van der Waals surface area contributed by atoms with Crippen LogP contribution < -0.4 is 10.0 Å². The first-order chi connectivity index (χ1) is 12.0. The molecule has 0 saturated carbocycles. The number of hydrogen-bond donors (Lipinski definition) is 2. The van der Waals surface area contributed by atoms with Crippen LogP contribution in [-0.4, -0.2) is 19.9 Å². The van der Waals surface area contributed by atoms with Crippen molar-refractivity contribution in [1.29, 1.82) is 0 Å². The van der Waals surface area contributed by atoms with Gasteiger partial charge in [-0.2, -0.15) is 0 Å². The third-order valence-electron chi connectivity index (χ3n) is 4.48. The van der Waals surface area contributed by atoms with Crippen molar-refractivity contribution in [1.82, 2.24) is 10.3 Å². The van der Waals surface area contributed by atoms with E-state index < -0.39 is 10.0 Å². The van der Waals surface area contributed by atoms with Gasteiger partial charge in [0.1, 0.15) is 4.90 Å². The Morgan fingerprint density at radius 1 is 1.16 bits per heavy atom. The molecule has 1 aliphatic heterocycles. The van der Waals surface area contributed by atoms with Gasteiger partial charge in [0.15, 0.2) is 0 Å². The minimum atomic E-state index is -3.72. The van der Waals surface area contributed by atoms with Crippen LogP contribution in [0.4, 0.5) is 5.69 Å². The number of anilines is 1. The van der Waals surface area contributed by atoms with Crippen molar-refractivity contribution in [2.24, 2.45) is 0 Å². The van der Waals surface area contributed by atoms with Crippen LogP contribution in [0.2, 0.25) is 0 Å². The average molecular weight is 353 g/mol. The zero-order valence-electron chi connectivity index (χ0n) is 13.9. The fourth-order valence-electron chi connectivity index (χ4n) is 3.29. The summed E-state index contributed by atoms with van der Waals surface area (Å²) in [5.41, 5.74) is 4.35. The lowest BCUT2D eigenvalue weighted by atomic mass is 9.99. The average Bonchev–Trinajstić information content (AvgIpc) is 2.61. The summed E-state index contributed by atoms with van der Waals surface area (Å²) in [6.07, 6.45) is 2.50. The van der Waals surface area contributed by atoms with Crippen LogP contribution in [0.25, 0.3) is 10.9 Å². The molecule has 0 aliphatic carbocycles. The quantitative estimate of drug-likeness (QED) is 0.759. The van der Waals surface area contributed by atoms with Gasteiger partial charge in [-0.15, -0.1) is 0 Å². The Morgan fingerprint density at radius 2 is 2.00 bits per heavy atom. The Labute approximate surface area is 147 Å². The van der Waals surface area contributed by atoms with Gasteiger partial charge in [-0.3, -0.25) is 9.71 Å². The lowest BCUT2D eigenvalue weighted by molar-refractivity contribution is 0.601. The summed E-state index contributed by atoms with van der Waals surface area (Å²) in [6.45, 7) is 3.55. The molecule has 2 N–H and O–H groups in total. The van der Waals surface area contributed by atoms with E-state index in [9.17, 15) is 8.42 Å². The number of nitrogens with one attached hydrogen (secondary N) is 2. The SMILES string of the molecule is Cc1cnc2c(S(=O)(=O)Nc3cccc4c3CCNC4)cccc2c1. The minimum absolute atomic E-state index is 0.205. The van der Waals surface area contributed by atoms with Gasteiger partial charge in [0.05, 0.1) is 11.2 Å². The van der Waals surface area contributed by atoms with E-state index in [1.807, 2.05) is 37.3 Å². The molecule has 0 fully saturated rings. The van der Waals surface area contributed by atoms with Crippen molar-refractivity contribution in [2.45, 2.75) is 24.8 Å². The van der Waals surface area contributed by atoms with Crippen molar-refractivity contribution in [3.8, 4) is 0 Å². The summed E-state index contributed by atoms with van der Waals surface area (Å²) in [4.78, 5) is 4.55. The van der Waals surface area contributed by atoms with E-state index in [2.05, 4.69) is 15.0 Å². The molecule has 5 nitrogen and oxygen atoms in total. The first kappa shape index (κ1) is 16.1. The molecule has 0 bridgehead atoms. The third-order valence-corrected chi connectivity index (χ3v) is 5.88. The summed E-state index contributed by atoms with van der Waals surface area (Å²) < 4.78 is 28.8. The lowest BCUT2D eigenvalue weighted by Crippen LogP contribution is -2.25. The standard InChI is InChI=1S/C19H19N3O2S/c1-13-10-14-4-3-7-18(19(14)21-11-13)25(23,24)22-17-6-2-5-15-12-20-9-8-16(15)17/h2-7,10-11,20,22H,8-9,12H2,1H3. The monoisotopic (exact) mass is 353 g/mol. The van der Waals surface area contributed by atoms with Gasteiger partial charge in [0.25, 0.3) is 10.0 Å². The third kappa shape index (κ3) is 2.99. The molecule has 3 aromatic rings. The molecule has 2 heterocycles. The Hall–Kier alpha value is -2.44. The number of sulfonamides is 1. The van der Waals surface area contributed by atoms with Crippen LogP contribution >= 0.6 is 0 Å². The van der Waals surface area contributed by atoms with Crippen molar-refractivity contribution in [2.75, 3.05) is 11.3 Å². The summed E-state index contributed by atoms with van der Waals surface area (Å²) >= 11 is 0. The first-order valence-electron chi connectivity index (χ1n) is 8.24. The number of aryl methyl sites for hydroxylation is 1. The van der Waals surface area contributed by atoms with E-state index in [-0.39, 0.29) is 4.90 Å². The molecule has 4 rings (SSSR count). The smallest absolute Gasteiger partial charge is 0.264 e. The molecular weight excluding hydrogens is 334 g/mol. The van der Waals surface area contributed by atoms with Gasteiger partial charge in [-0.25, -0.2) is 8.42 Å². The van der Waals surface area contributed by atoms with Crippen LogP contribution in [0.5, 0.6) is 0 Å². The number of rotatable bonds is 3. The topological polar surface area (TPSA) is 71.1 Å². The number of benzene rings is 2. The highest BCUT2D eigenvalue weighted by atomic mass is 32.2. The van der Waals surface area contributed by atoms with Crippen molar-refractivity contribution >= 4 is 26.6 Å². The van der Waals surface area contributed by atoms with Crippen molar-refractivity contribution in [3.05, 3.63) is 65.4 Å². The normalized spacial score (nSPS) is 14.3. The largest absolute Gasteiger partial charge is 0.312 e. The van der Waals surface area contributed by atoms with E-state index in [0.717, 1.165) is 41.6 Å². The van der Waals surface area contributed by atoms with E-state index in [4.69, 9.17) is 0 Å². The highest BCUT2D eigenvalue weighted by Gasteiger charge is 2.21. The molecule has 2 aromatic carbocycles. The minimum Gasteiger partial charge on any atom is -0.312 e. The zero-order valence-corrected chi connectivity index (χ0v) is 14.7. The second-order valence-electron chi connectivity index (χ2n) is 6.32. The van der Waals surface area contributed by atoms with Gasteiger partial charge >= 0.3 is 0 Å². The summed E-state index contributed by atoms with van der Waals surface area (Å²) in [5.74, 6) is 0. The first-order valence-corrected chi connectivity index (χ1v) is 9.72. The van der Waals surface area contributed by atoms with Gasteiger partial charge in [-0.05, 0) is 54.8 Å². The number of hydrogen-bond acceptors (Lipinski definition) is 4. The second kappa shape index (κ2) is 6.13. The summed E-state index contributed by atoms with van der Waals surface area (Å²) in [7, 11) is -3.72. The van der Waals surface area contributed by atoms with E-state index in [1.165, 1.54) is 0 Å². The van der Waals surface area contributed by atoms with Gasteiger partial charge in [0, 0.05) is 18.1 Å². The van der Waals surface area contributed by atoms with Crippen LogP contribution in [-0.2, 0) is 23.0 Å². The molecule has 0 unspecified atom stereocenters. The second-order valence-corrected chi connectivity index (χ2v) is 7.97. The number of aromatic nitrogens is 1. The number of fused-ring (bicyclic) bond motifs is 2. The lowest BCUT2D eigenvalue weighted by Gasteiger charge is -2.21. The van der Waals surface area contributed by atoms with Gasteiger partial charge < -0.3 is 5.32 Å². The van der Waals surface area contributed by atoms with Gasteiger partial charge in [-0.1, -0.05) is 24.3 Å². The highest BCUT2D eigenvalue weighted by Crippen LogP contribution is 2.28. The van der Waals surface area contributed by atoms with E-state index >= 15 is 0 Å². The van der Waals surface area contributed by atoms with Crippen molar-refractivity contribution < 1.29 is 8.42 Å². The fraction of sp³-hybridized carbons (Fsp3) is 0.211. The fourth-order valence-corrected chi connectivity index (χ4v) is 4.56. The predicted octanol–water partition coefficient (Wildman–Crippen LogP) is 2.99. The number of para-hydroxylation sites is 1. The Bertz CT molecular complexity index is 1060. The molecule has 0 spiro atoms. The number of nitrogens with zero attached hydrogens (tertiary/aromatic N) is 1. The Kier molecular flexibility index (Phi) is 3.94. The van der Waals surface area contributed by atoms with Crippen LogP contribution in [0.15, 0.2) is 53.6 Å². The Balaban J connectivity index is 1.79. The van der Waals surface area contributed by atoms with E-state index in [1.54, 1.807) is 18.3 Å². The maximum atomic E-state index is 13.0. The molecule has 0 saturated heterocycles. The highest BCUT2D eigenvalue weighted by molar-refractivity contribution is 7.93. The van der Waals surface area contributed by atoms with Crippen molar-refractivity contribution in [3.63, 3.8) is 0 Å².